The number of hydrogen-bond acceptors (Lipinski definition) is 2. The maximum Gasteiger partial charge on any atom is 0.0602 e. The van der Waals surface area contributed by atoms with E-state index in [4.69, 9.17) is 0 Å². The molecule has 1 aliphatic heterocycles. The number of nitrogens with zero attached hydrogens (tertiary/aromatic N) is 1. The van der Waals surface area contributed by atoms with Crippen molar-refractivity contribution >= 4 is 11.4 Å². The van der Waals surface area contributed by atoms with Crippen LogP contribution in [0.3, 0.4) is 0 Å². The Morgan fingerprint density at radius 2 is 2.00 bits per heavy atom. The minimum absolute atomic E-state index is 0.313. The lowest BCUT2D eigenvalue weighted by atomic mass is 9.93. The summed E-state index contributed by atoms with van der Waals surface area (Å²) < 4.78 is 0. The van der Waals surface area contributed by atoms with Gasteiger partial charge in [-0.3, -0.25) is 0 Å². The standard InChI is InChI=1S/C15H24N2/c1-12(2)9-17-11-15(3,4)10-16-13-7-5-6-8-14(13)17/h5-8,12,16H,9-11H2,1-4H3. The molecule has 0 aliphatic carbocycles. The van der Waals surface area contributed by atoms with E-state index in [0.29, 0.717) is 11.3 Å². The molecule has 2 nitrogen and oxygen atoms in total. The fourth-order valence-electron chi connectivity index (χ4n) is 2.49. The Bertz CT molecular complexity index is 382. The van der Waals surface area contributed by atoms with Crippen molar-refractivity contribution in [1.82, 2.24) is 0 Å². The highest BCUT2D eigenvalue weighted by Gasteiger charge is 2.27. The second-order valence-electron chi connectivity index (χ2n) is 6.31. The van der Waals surface area contributed by atoms with Gasteiger partial charge in [0.1, 0.15) is 0 Å². The first-order chi connectivity index (χ1) is 7.98. The molecular formula is C15H24N2. The molecule has 0 aromatic heterocycles. The summed E-state index contributed by atoms with van der Waals surface area (Å²) in [6, 6.07) is 8.65. The highest BCUT2D eigenvalue weighted by Crippen LogP contribution is 2.33. The Kier molecular flexibility index (Phi) is 3.32. The Hall–Kier alpha value is -1.18. The molecule has 1 N–H and O–H groups in total. The first kappa shape index (κ1) is 12.3. The van der Waals surface area contributed by atoms with Crippen LogP contribution in [0.1, 0.15) is 27.7 Å². The van der Waals surface area contributed by atoms with Crippen LogP contribution in [0.5, 0.6) is 0 Å². The Labute approximate surface area is 105 Å². The topological polar surface area (TPSA) is 15.3 Å². The molecule has 2 rings (SSSR count). The van der Waals surface area contributed by atoms with E-state index < -0.39 is 0 Å². The monoisotopic (exact) mass is 232 g/mol. The number of hydrogen-bond donors (Lipinski definition) is 1. The van der Waals surface area contributed by atoms with Crippen molar-refractivity contribution in [3.8, 4) is 0 Å². The molecule has 0 saturated carbocycles. The maximum atomic E-state index is 3.58. The predicted molar refractivity (Wildman–Crippen MR) is 75.8 cm³/mol. The van der Waals surface area contributed by atoms with Crippen LogP contribution in [-0.4, -0.2) is 19.6 Å². The van der Waals surface area contributed by atoms with Crippen LogP contribution in [0.15, 0.2) is 24.3 Å². The number of fused-ring (bicyclic) bond motifs is 1. The minimum atomic E-state index is 0.313. The van der Waals surface area contributed by atoms with Gasteiger partial charge in [-0.2, -0.15) is 0 Å². The predicted octanol–water partition coefficient (Wildman–Crippen LogP) is 3.60. The average Bonchev–Trinajstić information content (AvgIpc) is 2.36. The van der Waals surface area contributed by atoms with Gasteiger partial charge in [-0.1, -0.05) is 39.8 Å². The smallest absolute Gasteiger partial charge is 0.0602 e. The van der Waals surface area contributed by atoms with Gasteiger partial charge in [0.2, 0.25) is 0 Å². The van der Waals surface area contributed by atoms with E-state index in [0.717, 1.165) is 19.6 Å². The second kappa shape index (κ2) is 4.59. The van der Waals surface area contributed by atoms with Crippen LogP contribution >= 0.6 is 0 Å². The largest absolute Gasteiger partial charge is 0.383 e. The molecule has 2 heteroatoms. The Morgan fingerprint density at radius 1 is 1.29 bits per heavy atom. The third-order valence-corrected chi connectivity index (χ3v) is 3.21. The molecule has 0 amide bonds. The first-order valence-corrected chi connectivity index (χ1v) is 6.56. The summed E-state index contributed by atoms with van der Waals surface area (Å²) in [7, 11) is 0. The van der Waals surface area contributed by atoms with Gasteiger partial charge in [0.25, 0.3) is 0 Å². The fraction of sp³-hybridized carbons (Fsp3) is 0.600. The number of rotatable bonds is 2. The summed E-state index contributed by atoms with van der Waals surface area (Å²) in [6.45, 7) is 12.5. The number of nitrogens with one attached hydrogen (secondary N) is 1. The van der Waals surface area contributed by atoms with E-state index in [1.807, 2.05) is 0 Å². The highest BCUT2D eigenvalue weighted by atomic mass is 15.2. The molecule has 0 atom stereocenters. The van der Waals surface area contributed by atoms with Crippen molar-refractivity contribution in [2.75, 3.05) is 29.9 Å². The van der Waals surface area contributed by atoms with Crippen LogP contribution in [0, 0.1) is 11.3 Å². The van der Waals surface area contributed by atoms with Crippen LogP contribution in [0.25, 0.3) is 0 Å². The van der Waals surface area contributed by atoms with Crippen molar-refractivity contribution in [3.05, 3.63) is 24.3 Å². The van der Waals surface area contributed by atoms with Crippen molar-refractivity contribution in [1.29, 1.82) is 0 Å². The summed E-state index contributed by atoms with van der Waals surface area (Å²) in [5.41, 5.74) is 2.94. The lowest BCUT2D eigenvalue weighted by Gasteiger charge is -2.32. The Balaban J connectivity index is 2.32. The molecule has 0 spiro atoms. The van der Waals surface area contributed by atoms with Crippen LogP contribution in [-0.2, 0) is 0 Å². The molecule has 17 heavy (non-hydrogen) atoms. The summed E-state index contributed by atoms with van der Waals surface area (Å²) in [5, 5.41) is 3.58. The van der Waals surface area contributed by atoms with Gasteiger partial charge in [0, 0.05) is 19.6 Å². The second-order valence-corrected chi connectivity index (χ2v) is 6.31. The summed E-state index contributed by atoms with van der Waals surface area (Å²) >= 11 is 0. The van der Waals surface area contributed by atoms with Crippen LogP contribution < -0.4 is 10.2 Å². The van der Waals surface area contributed by atoms with Gasteiger partial charge in [-0.25, -0.2) is 0 Å². The fourth-order valence-corrected chi connectivity index (χ4v) is 2.49. The van der Waals surface area contributed by atoms with E-state index in [-0.39, 0.29) is 0 Å². The van der Waals surface area contributed by atoms with E-state index in [1.165, 1.54) is 11.4 Å². The number of para-hydroxylation sites is 2. The third-order valence-electron chi connectivity index (χ3n) is 3.21. The molecule has 0 bridgehead atoms. The molecule has 1 aromatic rings. The van der Waals surface area contributed by atoms with Crippen LogP contribution in [0.4, 0.5) is 11.4 Å². The molecule has 0 fully saturated rings. The lowest BCUT2D eigenvalue weighted by molar-refractivity contribution is 0.387. The molecule has 1 aliphatic rings. The van der Waals surface area contributed by atoms with E-state index >= 15 is 0 Å². The van der Waals surface area contributed by atoms with Gasteiger partial charge in [0.15, 0.2) is 0 Å². The van der Waals surface area contributed by atoms with Crippen molar-refractivity contribution < 1.29 is 0 Å². The maximum absolute atomic E-state index is 3.58. The first-order valence-electron chi connectivity index (χ1n) is 6.56. The Morgan fingerprint density at radius 3 is 2.71 bits per heavy atom. The summed E-state index contributed by atoms with van der Waals surface area (Å²) in [5.74, 6) is 0.692. The van der Waals surface area contributed by atoms with Gasteiger partial charge in [0.05, 0.1) is 11.4 Å². The molecular weight excluding hydrogens is 208 g/mol. The average molecular weight is 232 g/mol. The normalized spacial score (nSPS) is 18.5. The zero-order valence-corrected chi connectivity index (χ0v) is 11.5. The number of benzene rings is 1. The van der Waals surface area contributed by atoms with E-state index in [2.05, 4.69) is 62.2 Å². The SMILES string of the molecule is CC(C)CN1CC(C)(C)CNc2ccccc21. The van der Waals surface area contributed by atoms with Gasteiger partial charge >= 0.3 is 0 Å². The van der Waals surface area contributed by atoms with Crippen molar-refractivity contribution in [2.24, 2.45) is 11.3 Å². The number of anilines is 2. The zero-order valence-electron chi connectivity index (χ0n) is 11.5. The zero-order chi connectivity index (χ0) is 12.5. The van der Waals surface area contributed by atoms with Crippen molar-refractivity contribution in [3.63, 3.8) is 0 Å². The highest BCUT2D eigenvalue weighted by molar-refractivity contribution is 5.71. The van der Waals surface area contributed by atoms with Crippen molar-refractivity contribution in [2.45, 2.75) is 27.7 Å². The minimum Gasteiger partial charge on any atom is -0.383 e. The molecule has 0 unspecified atom stereocenters. The molecule has 0 saturated heterocycles. The van der Waals surface area contributed by atoms with E-state index in [1.54, 1.807) is 0 Å². The molecule has 1 heterocycles. The molecule has 0 radical (unpaired) electrons. The van der Waals surface area contributed by atoms with Gasteiger partial charge < -0.3 is 10.2 Å². The summed E-state index contributed by atoms with van der Waals surface area (Å²) in [6.07, 6.45) is 0. The van der Waals surface area contributed by atoms with Gasteiger partial charge in [-0.15, -0.1) is 0 Å². The quantitative estimate of drug-likeness (QED) is 0.838. The lowest BCUT2D eigenvalue weighted by Crippen LogP contribution is -2.37. The molecule has 1 aromatic carbocycles. The van der Waals surface area contributed by atoms with E-state index in [9.17, 15) is 0 Å². The third kappa shape index (κ3) is 2.93. The summed E-state index contributed by atoms with van der Waals surface area (Å²) in [4.78, 5) is 2.53. The molecule has 94 valence electrons. The van der Waals surface area contributed by atoms with Gasteiger partial charge in [-0.05, 0) is 23.5 Å². The van der Waals surface area contributed by atoms with Crippen LogP contribution in [0.2, 0.25) is 0 Å².